The van der Waals surface area contributed by atoms with Gasteiger partial charge in [-0.05, 0) is 55.9 Å². The summed E-state index contributed by atoms with van der Waals surface area (Å²) in [5, 5.41) is 3.17. The fraction of sp³-hybridized carbons (Fsp3) is 0.480. The van der Waals surface area contributed by atoms with Gasteiger partial charge in [0, 0.05) is 19.0 Å². The topological polar surface area (TPSA) is 75.7 Å². The zero-order chi connectivity index (χ0) is 23.3. The van der Waals surface area contributed by atoms with Crippen molar-refractivity contribution in [2.45, 2.75) is 51.8 Å². The number of methoxy groups -OCH3 is 1. The van der Waals surface area contributed by atoms with E-state index in [1.165, 1.54) is 4.31 Å². The van der Waals surface area contributed by atoms with Crippen molar-refractivity contribution in [2.75, 3.05) is 20.2 Å². The van der Waals surface area contributed by atoms with E-state index in [-0.39, 0.29) is 23.6 Å². The average Bonchev–Trinajstić information content (AvgIpc) is 2.78. The van der Waals surface area contributed by atoms with Gasteiger partial charge in [0.15, 0.2) is 0 Å². The maximum absolute atomic E-state index is 12.9. The van der Waals surface area contributed by atoms with Gasteiger partial charge in [-0.1, -0.05) is 48.9 Å². The number of carbonyl (C=O) groups is 1. The lowest BCUT2D eigenvalue weighted by Crippen LogP contribution is -2.44. The third-order valence-electron chi connectivity index (χ3n) is 6.23. The van der Waals surface area contributed by atoms with E-state index < -0.39 is 10.0 Å². The summed E-state index contributed by atoms with van der Waals surface area (Å²) in [7, 11) is -1.74. The highest BCUT2D eigenvalue weighted by Gasteiger charge is 2.32. The number of benzene rings is 2. The van der Waals surface area contributed by atoms with Crippen molar-refractivity contribution in [3.8, 4) is 5.75 Å². The average molecular weight is 459 g/mol. The molecule has 1 N–H and O–H groups in total. The van der Waals surface area contributed by atoms with Gasteiger partial charge in [0.25, 0.3) is 0 Å². The van der Waals surface area contributed by atoms with Crippen LogP contribution >= 0.6 is 0 Å². The molecule has 2 aromatic rings. The zero-order valence-corrected chi connectivity index (χ0v) is 20.2. The molecule has 3 rings (SSSR count). The molecule has 1 aliphatic rings. The highest BCUT2D eigenvalue weighted by molar-refractivity contribution is 7.88. The first-order valence-electron chi connectivity index (χ1n) is 11.2. The Labute approximate surface area is 192 Å². The molecule has 1 aliphatic heterocycles. The zero-order valence-electron chi connectivity index (χ0n) is 19.4. The first-order valence-corrected chi connectivity index (χ1v) is 12.8. The fourth-order valence-electron chi connectivity index (χ4n) is 4.21. The van der Waals surface area contributed by atoms with Crippen LogP contribution in [0.2, 0.25) is 0 Å². The van der Waals surface area contributed by atoms with Gasteiger partial charge in [0.1, 0.15) is 5.75 Å². The van der Waals surface area contributed by atoms with E-state index in [1.54, 1.807) is 7.11 Å². The van der Waals surface area contributed by atoms with Crippen LogP contribution < -0.4 is 10.1 Å². The number of ether oxygens (including phenoxy) is 1. The van der Waals surface area contributed by atoms with Crippen LogP contribution in [0.4, 0.5) is 0 Å². The van der Waals surface area contributed by atoms with Crippen molar-refractivity contribution in [1.82, 2.24) is 9.62 Å². The SMILES string of the molecule is CC[C@@H](NC(=O)C1CCN(S(=O)(=O)Cc2ccc(C)cc2)CC1)c1ccc(OC)c(C)c1. The van der Waals surface area contributed by atoms with Crippen LogP contribution in [0, 0.1) is 19.8 Å². The van der Waals surface area contributed by atoms with Crippen LogP contribution in [-0.4, -0.2) is 38.8 Å². The summed E-state index contributed by atoms with van der Waals surface area (Å²) in [5.74, 6) is 0.656. The molecule has 0 spiro atoms. The Kier molecular flexibility index (Phi) is 7.96. The molecular formula is C25H34N2O4S. The summed E-state index contributed by atoms with van der Waals surface area (Å²) in [5.41, 5.74) is 3.98. The maximum atomic E-state index is 12.9. The number of sulfonamides is 1. The minimum Gasteiger partial charge on any atom is -0.496 e. The molecular weight excluding hydrogens is 424 g/mol. The minimum atomic E-state index is -3.39. The Bertz CT molecular complexity index is 1030. The number of nitrogens with one attached hydrogen (secondary N) is 1. The molecule has 0 unspecified atom stereocenters. The minimum absolute atomic E-state index is 0.000837. The second-order valence-electron chi connectivity index (χ2n) is 8.61. The molecule has 0 radical (unpaired) electrons. The molecule has 2 aromatic carbocycles. The van der Waals surface area contributed by atoms with Crippen molar-refractivity contribution in [3.63, 3.8) is 0 Å². The lowest BCUT2D eigenvalue weighted by atomic mass is 9.95. The van der Waals surface area contributed by atoms with E-state index in [0.29, 0.717) is 25.9 Å². The van der Waals surface area contributed by atoms with Crippen molar-refractivity contribution in [3.05, 3.63) is 64.7 Å². The monoisotopic (exact) mass is 458 g/mol. The molecule has 1 atom stereocenters. The highest BCUT2D eigenvalue weighted by Crippen LogP contribution is 2.26. The lowest BCUT2D eigenvalue weighted by Gasteiger charge is -2.31. The fourth-order valence-corrected chi connectivity index (χ4v) is 5.77. The number of piperidine rings is 1. The maximum Gasteiger partial charge on any atom is 0.223 e. The van der Waals surface area contributed by atoms with Crippen LogP contribution in [0.15, 0.2) is 42.5 Å². The van der Waals surface area contributed by atoms with Gasteiger partial charge < -0.3 is 10.1 Å². The largest absolute Gasteiger partial charge is 0.496 e. The van der Waals surface area contributed by atoms with Gasteiger partial charge in [0.2, 0.25) is 15.9 Å². The van der Waals surface area contributed by atoms with Crippen molar-refractivity contribution < 1.29 is 17.9 Å². The van der Waals surface area contributed by atoms with Gasteiger partial charge in [-0.25, -0.2) is 12.7 Å². The van der Waals surface area contributed by atoms with Crippen molar-refractivity contribution in [2.24, 2.45) is 5.92 Å². The number of amides is 1. The van der Waals surface area contributed by atoms with Crippen LogP contribution in [0.5, 0.6) is 5.75 Å². The predicted molar refractivity (Wildman–Crippen MR) is 127 cm³/mol. The Morgan fingerprint density at radius 1 is 1.12 bits per heavy atom. The molecule has 0 aromatic heterocycles. The highest BCUT2D eigenvalue weighted by atomic mass is 32.2. The molecule has 6 nitrogen and oxygen atoms in total. The Morgan fingerprint density at radius 3 is 2.34 bits per heavy atom. The number of rotatable bonds is 8. The summed E-state index contributed by atoms with van der Waals surface area (Å²) in [6.45, 7) is 6.77. The van der Waals surface area contributed by atoms with E-state index in [1.807, 2.05) is 63.2 Å². The molecule has 174 valence electrons. The Morgan fingerprint density at radius 2 is 1.78 bits per heavy atom. The van der Waals surface area contributed by atoms with Gasteiger partial charge in [0.05, 0.1) is 18.9 Å². The molecule has 1 saturated heterocycles. The summed E-state index contributed by atoms with van der Waals surface area (Å²) in [6.07, 6.45) is 1.86. The summed E-state index contributed by atoms with van der Waals surface area (Å²) in [6, 6.07) is 13.5. The molecule has 0 saturated carbocycles. The van der Waals surface area contributed by atoms with E-state index in [2.05, 4.69) is 5.32 Å². The first kappa shape index (κ1) is 24.3. The Balaban J connectivity index is 1.57. The van der Waals surface area contributed by atoms with Crippen molar-refractivity contribution in [1.29, 1.82) is 0 Å². The van der Waals surface area contributed by atoms with Gasteiger partial charge >= 0.3 is 0 Å². The van der Waals surface area contributed by atoms with Gasteiger partial charge in [-0.2, -0.15) is 0 Å². The van der Waals surface area contributed by atoms with Crippen LogP contribution in [0.25, 0.3) is 0 Å². The smallest absolute Gasteiger partial charge is 0.223 e. The molecule has 1 fully saturated rings. The summed E-state index contributed by atoms with van der Waals surface area (Å²) < 4.78 is 32.5. The molecule has 7 heteroatoms. The molecule has 32 heavy (non-hydrogen) atoms. The van der Waals surface area contributed by atoms with Crippen LogP contribution in [0.1, 0.15) is 54.5 Å². The molecule has 0 bridgehead atoms. The standard InChI is InChI=1S/C25H34N2O4S/c1-5-23(22-10-11-24(31-4)19(3)16-22)26-25(28)21-12-14-27(15-13-21)32(29,30)17-20-8-6-18(2)7-9-20/h6-11,16,21,23H,5,12-15,17H2,1-4H3,(H,26,28)/t23-/m1/s1. The van der Waals surface area contributed by atoms with E-state index >= 15 is 0 Å². The number of aryl methyl sites for hydroxylation is 2. The number of carbonyl (C=O) groups excluding carboxylic acids is 1. The van der Waals surface area contributed by atoms with Gasteiger partial charge in [-0.3, -0.25) is 4.79 Å². The molecule has 0 aliphatic carbocycles. The van der Waals surface area contributed by atoms with Gasteiger partial charge in [-0.15, -0.1) is 0 Å². The van der Waals surface area contributed by atoms with E-state index in [4.69, 9.17) is 4.74 Å². The second kappa shape index (κ2) is 10.5. The molecule has 1 amide bonds. The first-order chi connectivity index (χ1) is 15.2. The summed E-state index contributed by atoms with van der Waals surface area (Å²) >= 11 is 0. The van der Waals surface area contributed by atoms with Crippen LogP contribution in [0.3, 0.4) is 0 Å². The Hall–Kier alpha value is -2.38. The number of nitrogens with zero attached hydrogens (tertiary/aromatic N) is 1. The van der Waals surface area contributed by atoms with E-state index in [0.717, 1.165) is 34.4 Å². The van der Waals surface area contributed by atoms with Crippen molar-refractivity contribution >= 4 is 15.9 Å². The quantitative estimate of drug-likeness (QED) is 0.646. The third-order valence-corrected chi connectivity index (χ3v) is 8.08. The number of hydrogen-bond donors (Lipinski definition) is 1. The van der Waals surface area contributed by atoms with Crippen LogP contribution in [-0.2, 0) is 20.6 Å². The normalized spacial score (nSPS) is 16.5. The second-order valence-corrected chi connectivity index (χ2v) is 10.6. The lowest BCUT2D eigenvalue weighted by molar-refractivity contribution is -0.126. The third kappa shape index (κ3) is 5.90. The number of hydrogen-bond acceptors (Lipinski definition) is 4. The predicted octanol–water partition coefficient (Wildman–Crippen LogP) is 4.12. The summed E-state index contributed by atoms with van der Waals surface area (Å²) in [4.78, 5) is 12.9. The van der Waals surface area contributed by atoms with E-state index in [9.17, 15) is 13.2 Å². The molecule has 1 heterocycles.